The molecule has 0 unspecified atom stereocenters. The standard InChI is InChI=1S/C6H5N2O.5Y/c7-8-5-2-1-3-6(9)4-5;;;;;/h1-4,9H;;;;;/q-1;;;;;. The van der Waals surface area contributed by atoms with Gasteiger partial charge in [0.2, 0.25) is 0 Å². The third-order valence-corrected chi connectivity index (χ3v) is 0.945. The summed E-state index contributed by atoms with van der Waals surface area (Å²) in [6.07, 6.45) is 0. The van der Waals surface area contributed by atoms with Crippen LogP contribution in [-0.4, -0.2) is 5.11 Å². The van der Waals surface area contributed by atoms with Gasteiger partial charge in [-0.25, -0.2) is 0 Å². The minimum atomic E-state index is 0. The Hall–Kier alpha value is 4.14. The normalized spacial score (nSPS) is 5.71. The summed E-state index contributed by atoms with van der Waals surface area (Å²) in [5.41, 5.74) is 8.53. The van der Waals surface area contributed by atoms with E-state index in [0.29, 0.717) is 5.69 Å². The quantitative estimate of drug-likeness (QED) is 0.521. The fourth-order valence-electron chi connectivity index (χ4n) is 0.555. The molecule has 61 valence electrons. The van der Waals surface area contributed by atoms with E-state index in [9.17, 15) is 0 Å². The minimum Gasteiger partial charge on any atom is -0.706 e. The molecule has 8 heteroatoms. The molecule has 0 aromatic heterocycles. The van der Waals surface area contributed by atoms with Crippen molar-refractivity contribution in [2.75, 3.05) is 0 Å². The largest absolute Gasteiger partial charge is 0.706 e. The van der Waals surface area contributed by atoms with Gasteiger partial charge in [-0.2, -0.15) is 0 Å². The second-order valence-corrected chi connectivity index (χ2v) is 1.62. The third-order valence-electron chi connectivity index (χ3n) is 0.945. The molecule has 1 aromatic carbocycles. The van der Waals surface area contributed by atoms with E-state index in [1.165, 1.54) is 12.1 Å². The fraction of sp³-hybridized carbons (Fsp3) is 0. The molecule has 0 amide bonds. The van der Waals surface area contributed by atoms with E-state index in [2.05, 4.69) is 5.11 Å². The van der Waals surface area contributed by atoms with Crippen LogP contribution >= 0.6 is 0 Å². The molecule has 5 radical (unpaired) electrons. The van der Waals surface area contributed by atoms with Crippen LogP contribution < -0.4 is 0 Å². The summed E-state index contributed by atoms with van der Waals surface area (Å²) in [6, 6.07) is 6.05. The number of phenols is 1. The number of hydrogen-bond acceptors (Lipinski definition) is 2. The van der Waals surface area contributed by atoms with Crippen molar-refractivity contribution >= 4 is 5.69 Å². The predicted octanol–water partition coefficient (Wildman–Crippen LogP) is 2.03. The van der Waals surface area contributed by atoms with E-state index in [1.807, 2.05) is 0 Å². The van der Waals surface area contributed by atoms with E-state index in [0.717, 1.165) is 0 Å². The van der Waals surface area contributed by atoms with Crippen LogP contribution in [0.25, 0.3) is 5.53 Å². The average molecular weight is 566 g/mol. The van der Waals surface area contributed by atoms with Crippen LogP contribution in [0.15, 0.2) is 29.4 Å². The van der Waals surface area contributed by atoms with Gasteiger partial charge in [0.25, 0.3) is 0 Å². The van der Waals surface area contributed by atoms with Gasteiger partial charge in [-0.05, 0) is 12.1 Å². The number of hydrogen-bond donors (Lipinski definition) is 1. The zero-order valence-electron chi connectivity index (χ0n) is 7.54. The van der Waals surface area contributed by atoms with Crippen molar-refractivity contribution in [2.45, 2.75) is 0 Å². The molecule has 0 spiro atoms. The fourth-order valence-corrected chi connectivity index (χ4v) is 0.555. The van der Waals surface area contributed by atoms with Crippen molar-refractivity contribution in [2.24, 2.45) is 5.11 Å². The predicted molar refractivity (Wildman–Crippen MR) is 33.6 cm³/mol. The van der Waals surface area contributed by atoms with Crippen molar-refractivity contribution < 1.29 is 169 Å². The maximum Gasteiger partial charge on any atom is 0.117 e. The first-order valence-electron chi connectivity index (χ1n) is 2.47. The molecule has 0 fully saturated rings. The Morgan fingerprint density at radius 2 is 1.50 bits per heavy atom. The number of nitrogens with zero attached hydrogens (tertiary/aromatic N) is 2. The molecule has 14 heavy (non-hydrogen) atoms. The summed E-state index contributed by atoms with van der Waals surface area (Å²) < 4.78 is 0. The topological polar surface area (TPSA) is 54.9 Å². The molecule has 0 aliphatic carbocycles. The summed E-state index contributed by atoms with van der Waals surface area (Å²) in [7, 11) is 0. The van der Waals surface area contributed by atoms with Gasteiger partial charge in [0, 0.05) is 175 Å². The Labute approximate surface area is 209 Å². The van der Waals surface area contributed by atoms with Crippen molar-refractivity contribution in [1.29, 1.82) is 0 Å². The van der Waals surface area contributed by atoms with Gasteiger partial charge in [-0.1, -0.05) is 6.07 Å². The first kappa shape index (κ1) is 30.9. The SMILES string of the molecule is [N-]=Nc1cccc(O)c1.[Y].[Y].[Y].[Y].[Y]. The van der Waals surface area contributed by atoms with E-state index < -0.39 is 0 Å². The molecule has 1 N–H and O–H groups in total. The van der Waals surface area contributed by atoms with Crippen LogP contribution in [-0.2, 0) is 164 Å². The summed E-state index contributed by atoms with van der Waals surface area (Å²) in [4.78, 5) is 0. The van der Waals surface area contributed by atoms with E-state index in [1.54, 1.807) is 12.1 Å². The molecule has 1 rings (SSSR count). The zero-order valence-corrected chi connectivity index (χ0v) is 21.7. The summed E-state index contributed by atoms with van der Waals surface area (Å²) in [5.74, 6) is 0.102. The van der Waals surface area contributed by atoms with Gasteiger partial charge in [0.15, 0.2) is 0 Å². The van der Waals surface area contributed by atoms with Gasteiger partial charge in [-0.15, -0.1) is 0 Å². The Kier molecular flexibility index (Phi) is 42.9. The smallest absolute Gasteiger partial charge is 0.117 e. The maximum absolute atomic E-state index is 8.77. The Balaban J connectivity index is -0.0000000540. The molecule has 0 saturated carbocycles. The molecular formula is C6H5N2OY5-. The van der Waals surface area contributed by atoms with E-state index in [4.69, 9.17) is 10.6 Å². The molecule has 0 bridgehead atoms. The zero-order chi connectivity index (χ0) is 6.69. The number of phenolic OH excluding ortho intramolecular Hbond substituents is 1. The van der Waals surface area contributed by atoms with Gasteiger partial charge in [0.05, 0.1) is 0 Å². The Morgan fingerprint density at radius 1 is 1.00 bits per heavy atom. The number of rotatable bonds is 1. The number of aromatic hydroxyl groups is 1. The van der Waals surface area contributed by atoms with Crippen LogP contribution in [0.2, 0.25) is 0 Å². The molecular weight excluding hydrogens is 561 g/mol. The van der Waals surface area contributed by atoms with Crippen LogP contribution in [0.4, 0.5) is 5.69 Å². The van der Waals surface area contributed by atoms with E-state index >= 15 is 0 Å². The maximum atomic E-state index is 8.77. The van der Waals surface area contributed by atoms with Crippen LogP contribution in [0.1, 0.15) is 0 Å². The monoisotopic (exact) mass is 566 g/mol. The number of benzene rings is 1. The third kappa shape index (κ3) is 14.2. The van der Waals surface area contributed by atoms with Gasteiger partial charge in [-0.3, -0.25) is 0 Å². The van der Waals surface area contributed by atoms with Crippen LogP contribution in [0.3, 0.4) is 0 Å². The molecule has 0 aliphatic heterocycles. The van der Waals surface area contributed by atoms with Crippen molar-refractivity contribution in [3.05, 3.63) is 29.8 Å². The molecule has 1 aromatic rings. The van der Waals surface area contributed by atoms with Crippen molar-refractivity contribution in [3.63, 3.8) is 0 Å². The second kappa shape index (κ2) is 19.5. The minimum absolute atomic E-state index is 0. The average Bonchev–Trinajstić information content (AvgIpc) is 1.88. The molecule has 0 heterocycles. The van der Waals surface area contributed by atoms with Crippen LogP contribution in [0.5, 0.6) is 5.75 Å². The Morgan fingerprint density at radius 3 is 1.79 bits per heavy atom. The van der Waals surface area contributed by atoms with Crippen molar-refractivity contribution in [1.82, 2.24) is 0 Å². The summed E-state index contributed by atoms with van der Waals surface area (Å²) >= 11 is 0. The first-order valence-corrected chi connectivity index (χ1v) is 2.47. The molecule has 3 nitrogen and oxygen atoms in total. The first-order chi connectivity index (χ1) is 4.33. The van der Waals surface area contributed by atoms with E-state index in [-0.39, 0.29) is 169 Å². The molecule has 0 saturated heterocycles. The van der Waals surface area contributed by atoms with Gasteiger partial charge in [0.1, 0.15) is 5.75 Å². The summed E-state index contributed by atoms with van der Waals surface area (Å²) in [5, 5.41) is 11.6. The van der Waals surface area contributed by atoms with Crippen molar-refractivity contribution in [3.8, 4) is 5.75 Å². The summed E-state index contributed by atoms with van der Waals surface area (Å²) in [6.45, 7) is 0. The molecule has 0 atom stereocenters. The van der Waals surface area contributed by atoms with Gasteiger partial charge < -0.3 is 15.8 Å². The second-order valence-electron chi connectivity index (χ2n) is 1.62. The van der Waals surface area contributed by atoms with Gasteiger partial charge >= 0.3 is 0 Å². The Bertz CT molecular complexity index is 235. The molecule has 0 aliphatic rings. The van der Waals surface area contributed by atoms with Crippen LogP contribution in [0, 0.1) is 0 Å².